The lowest BCUT2D eigenvalue weighted by Crippen LogP contribution is -2.45. The number of nitrogens with one attached hydrogen (secondary N) is 1. The molecule has 21 heavy (non-hydrogen) atoms. The largest absolute Gasteiger partial charge is 0.343 e. The summed E-state index contributed by atoms with van der Waals surface area (Å²) in [7, 11) is 1.94. The highest BCUT2D eigenvalue weighted by molar-refractivity contribution is 5.85. The fourth-order valence-corrected chi connectivity index (χ4v) is 3.33. The Morgan fingerprint density at radius 3 is 2.29 bits per heavy atom. The van der Waals surface area contributed by atoms with E-state index in [2.05, 4.69) is 24.1 Å². The van der Waals surface area contributed by atoms with Crippen LogP contribution in [0, 0.1) is 11.8 Å². The highest BCUT2D eigenvalue weighted by Gasteiger charge is 2.29. The average Bonchev–Trinajstić information content (AvgIpc) is 2.47. The van der Waals surface area contributed by atoms with Crippen molar-refractivity contribution in [1.82, 2.24) is 15.1 Å². The normalized spacial score (nSPS) is 22.1. The third kappa shape index (κ3) is 5.42. The van der Waals surface area contributed by atoms with Crippen LogP contribution in [0.15, 0.2) is 0 Å². The first-order valence-corrected chi connectivity index (χ1v) is 8.27. The van der Waals surface area contributed by atoms with Gasteiger partial charge >= 0.3 is 0 Å². The van der Waals surface area contributed by atoms with E-state index in [0.29, 0.717) is 11.9 Å². The molecule has 0 unspecified atom stereocenters. The second kappa shape index (κ2) is 8.96. The van der Waals surface area contributed by atoms with E-state index in [0.717, 1.165) is 31.8 Å². The van der Waals surface area contributed by atoms with Gasteiger partial charge in [0, 0.05) is 25.6 Å². The number of carbonyl (C=O) groups excluding carboxylic acids is 1. The molecular weight excluding hydrogens is 286 g/mol. The van der Waals surface area contributed by atoms with E-state index in [4.69, 9.17) is 0 Å². The monoisotopic (exact) mass is 317 g/mol. The first-order chi connectivity index (χ1) is 9.58. The van der Waals surface area contributed by atoms with Gasteiger partial charge in [-0.25, -0.2) is 0 Å². The van der Waals surface area contributed by atoms with Gasteiger partial charge in [-0.3, -0.25) is 4.79 Å². The Kier molecular flexibility index (Phi) is 7.99. The lowest BCUT2D eigenvalue weighted by molar-refractivity contribution is -0.137. The number of likely N-dealkylation sites (tertiary alicyclic amines) is 1. The Labute approximate surface area is 136 Å². The van der Waals surface area contributed by atoms with Gasteiger partial charge in [0.15, 0.2) is 0 Å². The van der Waals surface area contributed by atoms with E-state index < -0.39 is 0 Å². The molecule has 0 aromatic carbocycles. The van der Waals surface area contributed by atoms with Crippen LogP contribution in [-0.4, -0.2) is 61.5 Å². The van der Waals surface area contributed by atoms with Crippen molar-refractivity contribution >= 4 is 18.3 Å². The highest BCUT2D eigenvalue weighted by atomic mass is 35.5. The Balaban J connectivity index is 0.00000220. The molecule has 0 bridgehead atoms. The Bertz CT molecular complexity index is 311. The highest BCUT2D eigenvalue weighted by Crippen LogP contribution is 2.22. The summed E-state index contributed by atoms with van der Waals surface area (Å²) >= 11 is 0. The molecule has 1 N–H and O–H groups in total. The molecule has 2 rings (SSSR count). The predicted molar refractivity (Wildman–Crippen MR) is 89.9 cm³/mol. The molecular formula is C16H32ClN3O. The Hall–Kier alpha value is -0.320. The molecule has 2 saturated heterocycles. The number of nitrogens with zero attached hydrogens (tertiary/aromatic N) is 2. The third-order valence-corrected chi connectivity index (χ3v) is 5.03. The molecule has 0 aliphatic carbocycles. The van der Waals surface area contributed by atoms with Gasteiger partial charge in [0.1, 0.15) is 0 Å². The van der Waals surface area contributed by atoms with Gasteiger partial charge in [-0.05, 0) is 71.6 Å². The summed E-state index contributed by atoms with van der Waals surface area (Å²) in [5, 5.41) is 3.43. The number of halogens is 1. The van der Waals surface area contributed by atoms with Gasteiger partial charge in [-0.1, -0.05) is 0 Å². The van der Waals surface area contributed by atoms with E-state index in [1.165, 1.54) is 32.5 Å². The Morgan fingerprint density at radius 2 is 1.76 bits per heavy atom. The minimum Gasteiger partial charge on any atom is -0.343 e. The zero-order valence-electron chi connectivity index (χ0n) is 13.8. The number of piperidine rings is 2. The zero-order valence-corrected chi connectivity index (χ0v) is 14.6. The van der Waals surface area contributed by atoms with Crippen molar-refractivity contribution in [2.75, 3.05) is 39.8 Å². The average molecular weight is 318 g/mol. The molecule has 0 atom stereocenters. The van der Waals surface area contributed by atoms with Gasteiger partial charge in [0.05, 0.1) is 0 Å². The second-order valence-electron chi connectivity index (χ2n) is 6.81. The van der Waals surface area contributed by atoms with Crippen LogP contribution < -0.4 is 5.32 Å². The van der Waals surface area contributed by atoms with Gasteiger partial charge in [-0.15, -0.1) is 12.4 Å². The maximum absolute atomic E-state index is 12.3. The Morgan fingerprint density at radius 1 is 1.19 bits per heavy atom. The summed E-state index contributed by atoms with van der Waals surface area (Å²) in [4.78, 5) is 16.8. The first kappa shape index (κ1) is 18.7. The predicted octanol–water partition coefficient (Wildman–Crippen LogP) is 1.99. The summed E-state index contributed by atoms with van der Waals surface area (Å²) in [6.07, 6.45) is 4.71. The quantitative estimate of drug-likeness (QED) is 0.861. The van der Waals surface area contributed by atoms with Crippen molar-refractivity contribution in [2.45, 2.75) is 45.6 Å². The van der Waals surface area contributed by atoms with Crippen molar-refractivity contribution in [3.05, 3.63) is 0 Å². The summed E-state index contributed by atoms with van der Waals surface area (Å²) < 4.78 is 0. The maximum Gasteiger partial charge on any atom is 0.225 e. The van der Waals surface area contributed by atoms with E-state index in [1.807, 2.05) is 11.9 Å². The topological polar surface area (TPSA) is 35.6 Å². The minimum atomic E-state index is 0. The number of amides is 1. The molecule has 0 saturated carbocycles. The molecule has 0 spiro atoms. The first-order valence-electron chi connectivity index (χ1n) is 8.27. The van der Waals surface area contributed by atoms with Crippen molar-refractivity contribution in [3.8, 4) is 0 Å². The minimum absolute atomic E-state index is 0. The van der Waals surface area contributed by atoms with Crippen LogP contribution in [0.5, 0.6) is 0 Å². The molecule has 2 fully saturated rings. The van der Waals surface area contributed by atoms with Gasteiger partial charge < -0.3 is 15.1 Å². The van der Waals surface area contributed by atoms with E-state index in [-0.39, 0.29) is 18.3 Å². The van der Waals surface area contributed by atoms with Crippen molar-refractivity contribution in [3.63, 3.8) is 0 Å². The van der Waals surface area contributed by atoms with Gasteiger partial charge in [0.25, 0.3) is 0 Å². The lowest BCUT2D eigenvalue weighted by Gasteiger charge is -2.36. The fraction of sp³-hybridized carbons (Fsp3) is 0.938. The summed E-state index contributed by atoms with van der Waals surface area (Å²) in [6.45, 7) is 9.98. The SMILES string of the molecule is CC(C)N(C)C(=O)C1CCN(CC2CCNCC2)CC1.Cl. The van der Waals surface area contributed by atoms with Crippen LogP contribution in [-0.2, 0) is 4.79 Å². The van der Waals surface area contributed by atoms with E-state index in [9.17, 15) is 4.79 Å². The van der Waals surface area contributed by atoms with Crippen molar-refractivity contribution in [1.29, 1.82) is 0 Å². The third-order valence-electron chi connectivity index (χ3n) is 5.03. The second-order valence-corrected chi connectivity index (χ2v) is 6.81. The maximum atomic E-state index is 12.3. The summed E-state index contributed by atoms with van der Waals surface area (Å²) in [6, 6.07) is 0.315. The molecule has 2 aliphatic heterocycles. The molecule has 0 aromatic rings. The summed E-state index contributed by atoms with van der Waals surface area (Å²) in [5.41, 5.74) is 0. The van der Waals surface area contributed by atoms with Crippen LogP contribution >= 0.6 is 12.4 Å². The molecule has 5 heteroatoms. The number of rotatable bonds is 4. The number of carbonyl (C=O) groups is 1. The van der Waals surface area contributed by atoms with Crippen molar-refractivity contribution in [2.24, 2.45) is 11.8 Å². The van der Waals surface area contributed by atoms with Crippen molar-refractivity contribution < 1.29 is 4.79 Å². The van der Waals surface area contributed by atoms with Gasteiger partial charge in [-0.2, -0.15) is 0 Å². The number of hydrogen-bond acceptors (Lipinski definition) is 3. The molecule has 0 aromatic heterocycles. The molecule has 2 heterocycles. The molecule has 1 amide bonds. The van der Waals surface area contributed by atoms with E-state index >= 15 is 0 Å². The van der Waals surface area contributed by atoms with Crippen LogP contribution in [0.1, 0.15) is 39.5 Å². The van der Waals surface area contributed by atoms with Crippen LogP contribution in [0.25, 0.3) is 0 Å². The molecule has 0 radical (unpaired) electrons. The molecule has 2 aliphatic rings. The van der Waals surface area contributed by atoms with Crippen LogP contribution in [0.3, 0.4) is 0 Å². The number of hydrogen-bond donors (Lipinski definition) is 1. The lowest BCUT2D eigenvalue weighted by atomic mass is 9.92. The van der Waals surface area contributed by atoms with Crippen LogP contribution in [0.2, 0.25) is 0 Å². The smallest absolute Gasteiger partial charge is 0.225 e. The standard InChI is InChI=1S/C16H31N3O.ClH/c1-13(2)18(3)16(20)15-6-10-19(11-7-15)12-14-4-8-17-9-5-14;/h13-15,17H,4-12H2,1-3H3;1H. The van der Waals surface area contributed by atoms with Gasteiger partial charge in [0.2, 0.25) is 5.91 Å². The summed E-state index contributed by atoms with van der Waals surface area (Å²) in [5.74, 6) is 1.47. The molecule has 4 nitrogen and oxygen atoms in total. The van der Waals surface area contributed by atoms with E-state index in [1.54, 1.807) is 0 Å². The fourth-order valence-electron chi connectivity index (χ4n) is 3.33. The zero-order chi connectivity index (χ0) is 14.5. The van der Waals surface area contributed by atoms with Crippen LogP contribution in [0.4, 0.5) is 0 Å². The molecule has 124 valence electrons.